The Balaban J connectivity index is 2.67. The molecule has 2 atom stereocenters. The van der Waals surface area contributed by atoms with Gasteiger partial charge in [0.25, 0.3) is 0 Å². The number of aryl methyl sites for hydroxylation is 1. The van der Waals surface area contributed by atoms with Crippen LogP contribution in [0.5, 0.6) is 0 Å². The predicted octanol–water partition coefficient (Wildman–Crippen LogP) is 5.07. The van der Waals surface area contributed by atoms with Gasteiger partial charge in [-0.15, -0.1) is 0 Å². The summed E-state index contributed by atoms with van der Waals surface area (Å²) in [4.78, 5) is 0. The normalized spacial score (nSPS) is 14.2. The van der Waals surface area contributed by atoms with Gasteiger partial charge in [0.05, 0.1) is 0 Å². The summed E-state index contributed by atoms with van der Waals surface area (Å²) < 4.78 is 0. The van der Waals surface area contributed by atoms with Gasteiger partial charge in [-0.25, -0.2) is 0 Å². The molecule has 1 nitrogen and oxygen atoms in total. The first-order valence-electron chi connectivity index (χ1n) is 7.83. The third-order valence-corrected chi connectivity index (χ3v) is 3.58. The second-order valence-corrected chi connectivity index (χ2v) is 6.70. The van der Waals surface area contributed by atoms with Crippen LogP contribution in [0, 0.1) is 12.8 Å². The highest BCUT2D eigenvalue weighted by Gasteiger charge is 2.12. The molecule has 0 radical (unpaired) electrons. The standard InChI is InChI=1S/C19H31N/c1-14(2)11-19(20-13-15(3)4)12-17(6)18-9-7-16(5)8-10-18/h7-11,15,17,19-20H,12-13H2,1-6H3/t17-,19?/m1/s1. The molecule has 0 heterocycles. The SMILES string of the molecule is CC(C)=CC(C[C@@H](C)c1ccc(C)cc1)NCC(C)C. The molecule has 0 saturated carbocycles. The van der Waals surface area contributed by atoms with Crippen LogP contribution >= 0.6 is 0 Å². The monoisotopic (exact) mass is 273 g/mol. The van der Waals surface area contributed by atoms with E-state index in [-0.39, 0.29) is 0 Å². The maximum Gasteiger partial charge on any atom is 0.0258 e. The van der Waals surface area contributed by atoms with E-state index in [9.17, 15) is 0 Å². The van der Waals surface area contributed by atoms with Gasteiger partial charge < -0.3 is 5.32 Å². The average molecular weight is 273 g/mol. The summed E-state index contributed by atoms with van der Waals surface area (Å²) >= 11 is 0. The molecule has 112 valence electrons. The van der Waals surface area contributed by atoms with Crippen LogP contribution in [-0.2, 0) is 0 Å². The molecule has 0 aliphatic carbocycles. The molecule has 0 bridgehead atoms. The van der Waals surface area contributed by atoms with E-state index in [1.54, 1.807) is 0 Å². The summed E-state index contributed by atoms with van der Waals surface area (Å²) in [5.74, 6) is 1.27. The highest BCUT2D eigenvalue weighted by atomic mass is 14.9. The Morgan fingerprint density at radius 1 is 1.10 bits per heavy atom. The molecule has 20 heavy (non-hydrogen) atoms. The largest absolute Gasteiger partial charge is 0.310 e. The molecule has 1 N–H and O–H groups in total. The van der Waals surface area contributed by atoms with Gasteiger partial charge in [-0.3, -0.25) is 0 Å². The van der Waals surface area contributed by atoms with Crippen LogP contribution in [0.25, 0.3) is 0 Å². The highest BCUT2D eigenvalue weighted by Crippen LogP contribution is 2.22. The van der Waals surface area contributed by atoms with Crippen LogP contribution in [0.4, 0.5) is 0 Å². The van der Waals surface area contributed by atoms with Gasteiger partial charge in [0, 0.05) is 6.04 Å². The van der Waals surface area contributed by atoms with Crippen molar-refractivity contribution in [1.82, 2.24) is 5.32 Å². The van der Waals surface area contributed by atoms with Gasteiger partial charge >= 0.3 is 0 Å². The Kier molecular flexibility index (Phi) is 7.01. The predicted molar refractivity (Wildman–Crippen MR) is 90.3 cm³/mol. The number of hydrogen-bond donors (Lipinski definition) is 1. The van der Waals surface area contributed by atoms with Crippen LogP contribution in [0.2, 0.25) is 0 Å². The zero-order chi connectivity index (χ0) is 15.1. The Morgan fingerprint density at radius 3 is 2.20 bits per heavy atom. The minimum absolute atomic E-state index is 0.471. The van der Waals surface area contributed by atoms with Crippen molar-refractivity contribution in [3.8, 4) is 0 Å². The smallest absolute Gasteiger partial charge is 0.0258 e. The quantitative estimate of drug-likeness (QED) is 0.684. The maximum absolute atomic E-state index is 3.69. The van der Waals surface area contributed by atoms with E-state index in [0.29, 0.717) is 17.9 Å². The summed E-state index contributed by atoms with van der Waals surface area (Å²) in [6.07, 6.45) is 3.52. The van der Waals surface area contributed by atoms with Crippen LogP contribution in [0.3, 0.4) is 0 Å². The third-order valence-electron chi connectivity index (χ3n) is 3.58. The number of hydrogen-bond acceptors (Lipinski definition) is 1. The summed E-state index contributed by atoms with van der Waals surface area (Å²) in [5.41, 5.74) is 4.16. The highest BCUT2D eigenvalue weighted by molar-refractivity contribution is 5.24. The van der Waals surface area contributed by atoms with Crippen molar-refractivity contribution in [2.24, 2.45) is 5.92 Å². The summed E-state index contributed by atoms with van der Waals surface area (Å²) in [5, 5.41) is 3.69. The van der Waals surface area contributed by atoms with Gasteiger partial charge in [-0.1, -0.05) is 62.2 Å². The zero-order valence-electron chi connectivity index (χ0n) is 14.0. The van der Waals surface area contributed by atoms with E-state index < -0.39 is 0 Å². The molecule has 1 heteroatoms. The molecule has 0 amide bonds. The molecule has 0 aliphatic rings. The number of nitrogens with one attached hydrogen (secondary N) is 1. The number of benzene rings is 1. The Labute approximate surface area is 125 Å². The van der Waals surface area contributed by atoms with E-state index in [1.807, 2.05) is 0 Å². The summed E-state index contributed by atoms with van der Waals surface area (Å²) in [6.45, 7) is 14.4. The Morgan fingerprint density at radius 2 is 1.70 bits per heavy atom. The fourth-order valence-corrected chi connectivity index (χ4v) is 2.41. The van der Waals surface area contributed by atoms with Crippen molar-refractivity contribution >= 4 is 0 Å². The minimum atomic E-state index is 0.471. The topological polar surface area (TPSA) is 12.0 Å². The molecular formula is C19H31N. The lowest BCUT2D eigenvalue weighted by Crippen LogP contribution is -2.32. The number of rotatable bonds is 7. The molecule has 0 saturated heterocycles. The van der Waals surface area contributed by atoms with Crippen molar-refractivity contribution in [2.45, 2.75) is 59.9 Å². The fourth-order valence-electron chi connectivity index (χ4n) is 2.41. The molecule has 1 unspecified atom stereocenters. The summed E-state index contributed by atoms with van der Waals surface area (Å²) in [6, 6.07) is 9.43. The first-order valence-corrected chi connectivity index (χ1v) is 7.83. The summed E-state index contributed by atoms with van der Waals surface area (Å²) in [7, 11) is 0. The molecule has 1 aromatic carbocycles. The van der Waals surface area contributed by atoms with Crippen LogP contribution in [0.1, 0.15) is 58.1 Å². The van der Waals surface area contributed by atoms with Crippen LogP contribution in [-0.4, -0.2) is 12.6 Å². The van der Waals surface area contributed by atoms with Crippen molar-refractivity contribution in [3.63, 3.8) is 0 Å². The molecular weight excluding hydrogens is 242 g/mol. The second kappa shape index (κ2) is 8.26. The Bertz CT molecular complexity index is 410. The van der Waals surface area contributed by atoms with Crippen LogP contribution in [0.15, 0.2) is 35.9 Å². The van der Waals surface area contributed by atoms with E-state index in [1.165, 1.54) is 16.7 Å². The van der Waals surface area contributed by atoms with Crippen molar-refractivity contribution in [2.75, 3.05) is 6.54 Å². The lowest BCUT2D eigenvalue weighted by Gasteiger charge is -2.22. The second-order valence-electron chi connectivity index (χ2n) is 6.70. The minimum Gasteiger partial charge on any atom is -0.310 e. The van der Waals surface area contributed by atoms with Gasteiger partial charge in [-0.2, -0.15) is 0 Å². The molecule has 1 aromatic rings. The van der Waals surface area contributed by atoms with E-state index in [2.05, 4.69) is 77.2 Å². The van der Waals surface area contributed by atoms with Crippen molar-refractivity contribution in [1.29, 1.82) is 0 Å². The first kappa shape index (κ1) is 17.0. The van der Waals surface area contributed by atoms with Gasteiger partial charge in [0.15, 0.2) is 0 Å². The van der Waals surface area contributed by atoms with Crippen molar-refractivity contribution < 1.29 is 0 Å². The lowest BCUT2D eigenvalue weighted by molar-refractivity contribution is 0.468. The van der Waals surface area contributed by atoms with Crippen molar-refractivity contribution in [3.05, 3.63) is 47.0 Å². The third kappa shape index (κ3) is 6.38. The first-order chi connectivity index (χ1) is 9.38. The molecule has 0 aliphatic heterocycles. The zero-order valence-corrected chi connectivity index (χ0v) is 14.0. The number of allylic oxidation sites excluding steroid dienone is 1. The fraction of sp³-hybridized carbons (Fsp3) is 0.579. The van der Waals surface area contributed by atoms with Gasteiger partial charge in [0.2, 0.25) is 0 Å². The average Bonchev–Trinajstić information content (AvgIpc) is 2.36. The van der Waals surface area contributed by atoms with E-state index in [0.717, 1.165) is 13.0 Å². The molecule has 0 fully saturated rings. The maximum atomic E-state index is 3.69. The van der Waals surface area contributed by atoms with Crippen LogP contribution < -0.4 is 5.32 Å². The lowest BCUT2D eigenvalue weighted by atomic mass is 9.92. The van der Waals surface area contributed by atoms with E-state index in [4.69, 9.17) is 0 Å². The van der Waals surface area contributed by atoms with Gasteiger partial charge in [0.1, 0.15) is 0 Å². The van der Waals surface area contributed by atoms with E-state index >= 15 is 0 Å². The molecule has 1 rings (SSSR count). The molecule has 0 aromatic heterocycles. The Hall–Kier alpha value is -1.08. The van der Waals surface area contributed by atoms with Gasteiger partial charge in [-0.05, 0) is 51.1 Å². The molecule has 0 spiro atoms.